The summed E-state index contributed by atoms with van der Waals surface area (Å²) in [6.45, 7) is 0. The van der Waals surface area contributed by atoms with Gasteiger partial charge in [-0.15, -0.1) is 0 Å². The molecule has 3 N–H and O–H groups in total. The smallest absolute Gasteiger partial charge is 0.184 e. The Bertz CT molecular complexity index is 307. The van der Waals surface area contributed by atoms with Crippen molar-refractivity contribution >= 4 is 50.8 Å². The van der Waals surface area contributed by atoms with E-state index in [1.807, 2.05) is 10.8 Å². The molecule has 1 rings (SSSR count). The molecule has 0 aliphatic rings. The molecule has 64 valence electrons. The van der Waals surface area contributed by atoms with Gasteiger partial charge >= 0.3 is 0 Å². The van der Waals surface area contributed by atoms with Gasteiger partial charge in [-0.1, -0.05) is 0 Å². The summed E-state index contributed by atoms with van der Waals surface area (Å²) in [4.78, 5) is 0. The highest BCUT2D eigenvalue weighted by molar-refractivity contribution is 9.10. The van der Waals surface area contributed by atoms with Gasteiger partial charge in [0.15, 0.2) is 5.11 Å². The van der Waals surface area contributed by atoms with Crippen molar-refractivity contribution in [3.05, 3.63) is 20.8 Å². The maximum atomic E-state index is 5.17. The van der Waals surface area contributed by atoms with Crippen molar-refractivity contribution in [1.29, 1.82) is 0 Å². The average Bonchev–Trinajstić information content (AvgIpc) is 2.36. The lowest BCUT2D eigenvalue weighted by Crippen LogP contribution is -2.23. The first-order valence-corrected chi connectivity index (χ1v) is 5.15. The highest BCUT2D eigenvalue weighted by Gasteiger charge is 1.95. The minimum atomic E-state index is 0.164. The summed E-state index contributed by atoms with van der Waals surface area (Å²) >= 11 is 9.52. The Labute approximate surface area is 87.8 Å². The van der Waals surface area contributed by atoms with Crippen LogP contribution in [-0.2, 0) is 0 Å². The van der Waals surface area contributed by atoms with Crippen molar-refractivity contribution in [3.63, 3.8) is 0 Å². The van der Waals surface area contributed by atoms with Gasteiger partial charge in [-0.25, -0.2) is 0 Å². The molecule has 0 amide bonds. The summed E-state index contributed by atoms with van der Waals surface area (Å²) in [6, 6.07) is 0. The van der Waals surface area contributed by atoms with Crippen molar-refractivity contribution < 1.29 is 0 Å². The van der Waals surface area contributed by atoms with Crippen molar-refractivity contribution in [3.8, 4) is 0 Å². The van der Waals surface area contributed by atoms with Gasteiger partial charge in [-0.05, 0) is 28.1 Å². The lowest BCUT2D eigenvalue weighted by Gasteiger charge is -1.92. The van der Waals surface area contributed by atoms with E-state index < -0.39 is 0 Å². The molecule has 1 aromatic heterocycles. The van der Waals surface area contributed by atoms with Gasteiger partial charge in [-0.2, -0.15) is 16.4 Å². The van der Waals surface area contributed by atoms with Gasteiger partial charge in [0.1, 0.15) is 0 Å². The number of thiocarbonyl (C=S) groups is 1. The fourth-order valence-corrected chi connectivity index (χ4v) is 1.95. The Morgan fingerprint density at radius 1 is 1.75 bits per heavy atom. The molecule has 0 spiro atoms. The van der Waals surface area contributed by atoms with Gasteiger partial charge in [0.25, 0.3) is 0 Å². The zero-order chi connectivity index (χ0) is 8.97. The Morgan fingerprint density at radius 2 is 2.50 bits per heavy atom. The first-order valence-electron chi connectivity index (χ1n) is 3.00. The monoisotopic (exact) mass is 263 g/mol. The first-order chi connectivity index (χ1) is 5.70. The molecule has 0 saturated carbocycles. The second-order valence-corrected chi connectivity index (χ2v) is 3.95. The summed E-state index contributed by atoms with van der Waals surface area (Å²) in [7, 11) is 0. The number of thiophene rings is 1. The molecule has 0 aliphatic carbocycles. The van der Waals surface area contributed by atoms with Gasteiger partial charge in [-0.3, -0.25) is 5.43 Å². The number of hydrogen-bond donors (Lipinski definition) is 2. The van der Waals surface area contributed by atoms with Crippen LogP contribution in [0, 0.1) is 0 Å². The molecule has 0 aromatic carbocycles. The molecular formula is C6H6BrN3S2. The Morgan fingerprint density at radius 3 is 3.00 bits per heavy atom. The van der Waals surface area contributed by atoms with Gasteiger partial charge in [0.2, 0.25) is 0 Å². The molecule has 0 aliphatic heterocycles. The normalized spacial score (nSPS) is 10.4. The maximum absolute atomic E-state index is 5.17. The lowest BCUT2D eigenvalue weighted by atomic mass is 10.4. The predicted octanol–water partition coefficient (Wildman–Crippen LogP) is 1.68. The summed E-state index contributed by atoms with van der Waals surface area (Å²) in [5.41, 5.74) is 8.64. The van der Waals surface area contributed by atoms with Crippen LogP contribution in [0.1, 0.15) is 5.56 Å². The van der Waals surface area contributed by atoms with Crippen LogP contribution in [-0.4, -0.2) is 11.3 Å². The first kappa shape index (κ1) is 9.63. The Kier molecular flexibility index (Phi) is 3.64. The summed E-state index contributed by atoms with van der Waals surface area (Å²) in [6.07, 6.45) is 1.65. The number of nitrogens with one attached hydrogen (secondary N) is 1. The minimum Gasteiger partial charge on any atom is -0.375 e. The summed E-state index contributed by atoms with van der Waals surface area (Å²) in [5.74, 6) is 0. The zero-order valence-corrected chi connectivity index (χ0v) is 9.17. The van der Waals surface area contributed by atoms with Crippen LogP contribution in [0.4, 0.5) is 0 Å². The predicted molar refractivity (Wildman–Crippen MR) is 59.5 cm³/mol. The number of nitrogens with two attached hydrogens (primary N) is 1. The topological polar surface area (TPSA) is 50.4 Å². The van der Waals surface area contributed by atoms with Crippen LogP contribution in [0.3, 0.4) is 0 Å². The molecule has 0 unspecified atom stereocenters. The molecule has 0 fully saturated rings. The van der Waals surface area contributed by atoms with Gasteiger partial charge in [0.05, 0.1) is 6.21 Å². The third kappa shape index (κ3) is 2.88. The number of nitrogens with zero attached hydrogens (tertiary/aromatic N) is 1. The van der Waals surface area contributed by atoms with Crippen molar-refractivity contribution in [2.45, 2.75) is 0 Å². The van der Waals surface area contributed by atoms with E-state index in [-0.39, 0.29) is 5.11 Å². The highest BCUT2D eigenvalue weighted by Crippen LogP contribution is 2.18. The highest BCUT2D eigenvalue weighted by atomic mass is 79.9. The largest absolute Gasteiger partial charge is 0.375 e. The number of hydrogen-bond acceptors (Lipinski definition) is 3. The Balaban J connectivity index is 2.57. The van der Waals surface area contributed by atoms with Crippen LogP contribution in [0.15, 0.2) is 20.3 Å². The van der Waals surface area contributed by atoms with Crippen LogP contribution in [0.2, 0.25) is 0 Å². The molecular weight excluding hydrogens is 258 g/mol. The molecule has 1 heterocycles. The molecule has 1 aromatic rings. The van der Waals surface area contributed by atoms with E-state index in [0.29, 0.717) is 0 Å². The van der Waals surface area contributed by atoms with Gasteiger partial charge in [0, 0.05) is 20.8 Å². The third-order valence-corrected chi connectivity index (χ3v) is 2.86. The SMILES string of the molecule is NC(=S)NN=Cc1cscc1Br. The van der Waals surface area contributed by atoms with E-state index in [9.17, 15) is 0 Å². The van der Waals surface area contributed by atoms with Crippen LogP contribution < -0.4 is 11.2 Å². The zero-order valence-electron chi connectivity index (χ0n) is 5.95. The molecule has 0 saturated heterocycles. The third-order valence-electron chi connectivity index (χ3n) is 1.02. The van der Waals surface area contributed by atoms with E-state index in [2.05, 4.69) is 38.7 Å². The molecule has 3 nitrogen and oxygen atoms in total. The molecule has 12 heavy (non-hydrogen) atoms. The van der Waals surface area contributed by atoms with E-state index in [1.54, 1.807) is 17.6 Å². The molecule has 0 bridgehead atoms. The van der Waals surface area contributed by atoms with Crippen LogP contribution in [0.5, 0.6) is 0 Å². The maximum Gasteiger partial charge on any atom is 0.184 e. The fourth-order valence-electron chi connectivity index (χ4n) is 0.549. The summed E-state index contributed by atoms with van der Waals surface area (Å²) in [5, 5.41) is 7.92. The van der Waals surface area contributed by atoms with Crippen LogP contribution >= 0.6 is 39.5 Å². The second kappa shape index (κ2) is 4.54. The summed E-state index contributed by atoms with van der Waals surface area (Å²) < 4.78 is 1.01. The minimum absolute atomic E-state index is 0.164. The average molecular weight is 264 g/mol. The van der Waals surface area contributed by atoms with Crippen LogP contribution in [0.25, 0.3) is 0 Å². The fraction of sp³-hybridized carbons (Fsp3) is 0. The number of halogens is 1. The number of hydrazone groups is 1. The van der Waals surface area contributed by atoms with Crippen molar-refractivity contribution in [2.75, 3.05) is 0 Å². The number of rotatable bonds is 2. The second-order valence-electron chi connectivity index (χ2n) is 1.91. The van der Waals surface area contributed by atoms with E-state index in [4.69, 9.17) is 5.73 Å². The lowest BCUT2D eigenvalue weighted by molar-refractivity contribution is 1.04. The van der Waals surface area contributed by atoms with E-state index in [0.717, 1.165) is 10.0 Å². The standard InChI is InChI=1S/C6H6BrN3S2/c7-5-3-12-2-4(5)1-9-10-6(8)11/h1-3H,(H3,8,10,11). The molecule has 0 radical (unpaired) electrons. The van der Waals surface area contributed by atoms with E-state index in [1.165, 1.54) is 0 Å². The molecule has 6 heteroatoms. The van der Waals surface area contributed by atoms with Gasteiger partial charge < -0.3 is 5.73 Å². The Hall–Kier alpha value is -0.460. The van der Waals surface area contributed by atoms with Crippen molar-refractivity contribution in [2.24, 2.45) is 10.8 Å². The van der Waals surface area contributed by atoms with Crippen molar-refractivity contribution in [1.82, 2.24) is 5.43 Å². The quantitative estimate of drug-likeness (QED) is 0.485. The van der Waals surface area contributed by atoms with E-state index >= 15 is 0 Å². The molecule has 0 atom stereocenters.